The number of hydrogen-bond acceptors (Lipinski definition) is 4. The van der Waals surface area contributed by atoms with Gasteiger partial charge in [-0.3, -0.25) is 9.42 Å². The van der Waals surface area contributed by atoms with Gasteiger partial charge in [0.05, 0.1) is 0 Å². The molecular weight excluding hydrogens is 140 g/mol. The third kappa shape index (κ3) is 1.35. The summed E-state index contributed by atoms with van der Waals surface area (Å²) in [6.45, 7) is 0. The first kappa shape index (κ1) is 6.41. The lowest BCUT2D eigenvalue weighted by Crippen LogP contribution is -2.06. The van der Waals surface area contributed by atoms with E-state index in [0.29, 0.717) is 17.9 Å². The second-order valence-electron chi connectivity index (χ2n) is 1.53. The predicted octanol–water partition coefficient (Wildman–Crippen LogP) is -0.165. The molecule has 0 bridgehead atoms. The molecule has 5 heteroatoms. The second kappa shape index (κ2) is 2.72. The van der Waals surface area contributed by atoms with Gasteiger partial charge in [0.15, 0.2) is 5.69 Å². The van der Waals surface area contributed by atoms with Crippen LogP contribution in [0, 0.1) is 0 Å². The lowest BCUT2D eigenvalue weighted by molar-refractivity contribution is 0.301. The Labute approximate surface area is 56.6 Å². The zero-order valence-electron chi connectivity index (χ0n) is 4.63. The molecule has 0 saturated carbocycles. The van der Waals surface area contributed by atoms with Crippen molar-refractivity contribution in [2.75, 3.05) is 5.75 Å². The highest BCUT2D eigenvalue weighted by Crippen LogP contribution is 1.86. The molecule has 0 amide bonds. The maximum atomic E-state index is 10.6. The van der Waals surface area contributed by atoms with E-state index in [1.807, 2.05) is 0 Å². The van der Waals surface area contributed by atoms with Gasteiger partial charge in [-0.1, -0.05) is 5.16 Å². The van der Waals surface area contributed by atoms with E-state index in [2.05, 4.69) is 27.6 Å². The van der Waals surface area contributed by atoms with Crippen molar-refractivity contribution in [2.45, 2.75) is 6.42 Å². The molecule has 0 fully saturated rings. The summed E-state index contributed by atoms with van der Waals surface area (Å²) in [5.41, 5.74) is 0.147. The van der Waals surface area contributed by atoms with E-state index < -0.39 is 0 Å². The maximum Gasteiger partial charge on any atom is 0.303 e. The molecule has 1 N–H and O–H groups in total. The van der Waals surface area contributed by atoms with Crippen molar-refractivity contribution in [2.24, 2.45) is 0 Å². The molecule has 1 aromatic heterocycles. The molecule has 9 heavy (non-hydrogen) atoms. The fourth-order valence-corrected chi connectivity index (χ4v) is 0.697. The van der Waals surface area contributed by atoms with Crippen molar-refractivity contribution in [1.82, 2.24) is 10.3 Å². The quantitative estimate of drug-likeness (QED) is 0.570. The summed E-state index contributed by atoms with van der Waals surface area (Å²) in [5, 5.41) is 5.49. The molecule has 1 aromatic rings. The highest BCUT2D eigenvalue weighted by molar-refractivity contribution is 7.80. The monoisotopic (exact) mass is 146 g/mol. The number of aryl methyl sites for hydroxylation is 1. The maximum absolute atomic E-state index is 10.6. The lowest BCUT2D eigenvalue weighted by Gasteiger charge is -1.80. The average molecular weight is 146 g/mol. The van der Waals surface area contributed by atoms with Crippen LogP contribution < -0.4 is 5.56 Å². The minimum atomic E-state index is -0.260. The molecule has 0 aromatic carbocycles. The molecule has 0 aliphatic heterocycles. The van der Waals surface area contributed by atoms with Gasteiger partial charge < -0.3 is 0 Å². The van der Waals surface area contributed by atoms with E-state index in [-0.39, 0.29) is 5.56 Å². The van der Waals surface area contributed by atoms with Crippen molar-refractivity contribution >= 4 is 12.6 Å². The Morgan fingerprint density at radius 1 is 1.78 bits per heavy atom. The predicted molar refractivity (Wildman–Crippen MR) is 34.7 cm³/mol. The van der Waals surface area contributed by atoms with Gasteiger partial charge in [-0.15, -0.1) is 0 Å². The van der Waals surface area contributed by atoms with Crippen molar-refractivity contribution in [3.8, 4) is 0 Å². The molecule has 0 radical (unpaired) electrons. The van der Waals surface area contributed by atoms with Crippen LogP contribution >= 0.6 is 12.6 Å². The SMILES string of the molecule is O=c1[nH]onc1CCS. The zero-order valence-corrected chi connectivity index (χ0v) is 5.52. The summed E-state index contributed by atoms with van der Waals surface area (Å²) >= 11 is 3.92. The zero-order chi connectivity index (χ0) is 6.69. The summed E-state index contributed by atoms with van der Waals surface area (Å²) < 4.78 is 4.28. The van der Waals surface area contributed by atoms with Gasteiger partial charge >= 0.3 is 5.56 Å². The second-order valence-corrected chi connectivity index (χ2v) is 1.98. The van der Waals surface area contributed by atoms with Gasteiger partial charge in [-0.25, -0.2) is 0 Å². The van der Waals surface area contributed by atoms with Crippen molar-refractivity contribution in [1.29, 1.82) is 0 Å². The third-order valence-corrected chi connectivity index (χ3v) is 1.13. The van der Waals surface area contributed by atoms with Crippen molar-refractivity contribution < 1.29 is 4.63 Å². The molecule has 4 nitrogen and oxygen atoms in total. The molecule has 0 unspecified atom stereocenters. The van der Waals surface area contributed by atoms with Gasteiger partial charge in [0, 0.05) is 6.42 Å². The average Bonchev–Trinajstić information content (AvgIpc) is 2.18. The number of aromatic nitrogens is 2. The van der Waals surface area contributed by atoms with Crippen molar-refractivity contribution in [3.63, 3.8) is 0 Å². The summed E-state index contributed by atoms with van der Waals surface area (Å²) in [5.74, 6) is 0.607. The van der Waals surface area contributed by atoms with Crippen molar-refractivity contribution in [3.05, 3.63) is 16.0 Å². The van der Waals surface area contributed by atoms with Gasteiger partial charge in [-0.2, -0.15) is 17.8 Å². The molecule has 0 aliphatic carbocycles. The summed E-state index contributed by atoms with van der Waals surface area (Å²) in [6.07, 6.45) is 0.551. The Morgan fingerprint density at radius 3 is 3.00 bits per heavy atom. The van der Waals surface area contributed by atoms with E-state index >= 15 is 0 Å². The Balaban J connectivity index is 2.81. The van der Waals surface area contributed by atoms with E-state index in [1.54, 1.807) is 0 Å². The number of rotatable bonds is 2. The number of nitrogens with zero attached hydrogens (tertiary/aromatic N) is 1. The number of aromatic amines is 1. The largest absolute Gasteiger partial charge is 0.303 e. The number of nitrogens with one attached hydrogen (secondary N) is 1. The molecule has 1 heterocycles. The Bertz CT molecular complexity index is 228. The minimum Gasteiger partial charge on any atom is -0.267 e. The van der Waals surface area contributed by atoms with Crippen LogP contribution in [0.1, 0.15) is 5.69 Å². The van der Waals surface area contributed by atoms with Gasteiger partial charge in [-0.05, 0) is 5.75 Å². The third-order valence-electron chi connectivity index (χ3n) is 0.905. The molecule has 0 aliphatic rings. The molecular formula is C4H6N2O2S. The van der Waals surface area contributed by atoms with Gasteiger partial charge in [0.2, 0.25) is 0 Å². The van der Waals surface area contributed by atoms with Gasteiger partial charge in [0.25, 0.3) is 0 Å². The Morgan fingerprint density at radius 2 is 2.56 bits per heavy atom. The molecule has 1 rings (SSSR count). The van der Waals surface area contributed by atoms with Crippen LogP contribution in [0.15, 0.2) is 9.42 Å². The molecule has 0 spiro atoms. The number of H-pyrrole nitrogens is 1. The topological polar surface area (TPSA) is 58.9 Å². The van der Waals surface area contributed by atoms with Crippen LogP contribution in [0.2, 0.25) is 0 Å². The summed E-state index contributed by atoms with van der Waals surface area (Å²) in [4.78, 5) is 10.6. The fourth-order valence-electron chi connectivity index (χ4n) is 0.485. The van der Waals surface area contributed by atoms with E-state index in [4.69, 9.17) is 0 Å². The molecule has 0 atom stereocenters. The minimum absolute atomic E-state index is 0.260. The van der Waals surface area contributed by atoms with E-state index in [0.717, 1.165) is 0 Å². The van der Waals surface area contributed by atoms with Crippen LogP contribution in [0.3, 0.4) is 0 Å². The van der Waals surface area contributed by atoms with Crippen LogP contribution in [0.25, 0.3) is 0 Å². The number of thiol groups is 1. The van der Waals surface area contributed by atoms with Crippen LogP contribution in [-0.2, 0) is 6.42 Å². The van der Waals surface area contributed by atoms with Crippen LogP contribution in [0.4, 0.5) is 0 Å². The normalized spacial score (nSPS) is 9.89. The first-order valence-corrected chi connectivity index (χ1v) is 3.12. The lowest BCUT2D eigenvalue weighted by atomic mass is 10.4. The van der Waals surface area contributed by atoms with Crippen LogP contribution in [-0.4, -0.2) is 16.1 Å². The highest BCUT2D eigenvalue weighted by Gasteiger charge is 2.00. The smallest absolute Gasteiger partial charge is 0.267 e. The molecule has 50 valence electrons. The molecule has 0 saturated heterocycles. The van der Waals surface area contributed by atoms with E-state index in [9.17, 15) is 4.79 Å². The first-order valence-electron chi connectivity index (χ1n) is 2.48. The number of hydrogen-bond donors (Lipinski definition) is 2. The van der Waals surface area contributed by atoms with Crippen LogP contribution in [0.5, 0.6) is 0 Å². The first-order chi connectivity index (χ1) is 4.34. The summed E-state index contributed by atoms with van der Waals surface area (Å²) in [7, 11) is 0. The van der Waals surface area contributed by atoms with E-state index in [1.165, 1.54) is 0 Å². The highest BCUT2D eigenvalue weighted by atomic mass is 32.1. The Kier molecular flexibility index (Phi) is 1.94. The standard InChI is InChI=1S/C4H6N2O2S/c7-4-3(1-2-9)5-8-6-4/h9H,1-2H2,(H,6,7). The fraction of sp³-hybridized carbons (Fsp3) is 0.500. The van der Waals surface area contributed by atoms with Gasteiger partial charge in [0.1, 0.15) is 0 Å². The Hall–Kier alpha value is -0.710. The summed E-state index contributed by atoms with van der Waals surface area (Å²) in [6, 6.07) is 0.